The van der Waals surface area contributed by atoms with Crippen molar-refractivity contribution in [2.24, 2.45) is 0 Å². The van der Waals surface area contributed by atoms with E-state index in [0.29, 0.717) is 0 Å². The van der Waals surface area contributed by atoms with Gasteiger partial charge in [0.15, 0.2) is 6.29 Å². The molecule has 2 heterocycles. The molecule has 1 aliphatic rings. The molecule has 0 aliphatic carbocycles. The first-order valence-corrected chi connectivity index (χ1v) is 4.48. The number of ether oxygens (including phenoxy) is 1. The summed E-state index contributed by atoms with van der Waals surface area (Å²) >= 11 is 1.47. The van der Waals surface area contributed by atoms with Crippen LogP contribution in [0.15, 0.2) is 5.38 Å². The maximum atomic E-state index is 10.5. The van der Waals surface area contributed by atoms with Crippen molar-refractivity contribution in [1.82, 2.24) is 0 Å². The van der Waals surface area contributed by atoms with Crippen LogP contribution in [0.3, 0.4) is 0 Å². The Morgan fingerprint density at radius 1 is 1.64 bits per heavy atom. The number of rotatable bonds is 1. The Labute approximate surface area is 68.8 Å². The lowest BCUT2D eigenvalue weighted by molar-refractivity contribution is 0.112. The maximum Gasteiger partial charge on any atom is 0.160 e. The highest BCUT2D eigenvalue weighted by Gasteiger charge is 2.15. The van der Waals surface area contributed by atoms with Crippen LogP contribution in [0.5, 0.6) is 5.75 Å². The topological polar surface area (TPSA) is 26.3 Å². The molecule has 1 aliphatic heterocycles. The van der Waals surface area contributed by atoms with Gasteiger partial charge in [-0.25, -0.2) is 0 Å². The molecular formula is C8H8O2S. The average molecular weight is 168 g/mol. The highest BCUT2D eigenvalue weighted by Crippen LogP contribution is 2.32. The number of aldehydes is 1. The molecule has 0 saturated heterocycles. The van der Waals surface area contributed by atoms with Gasteiger partial charge < -0.3 is 4.74 Å². The molecule has 0 saturated carbocycles. The summed E-state index contributed by atoms with van der Waals surface area (Å²) < 4.78 is 5.36. The van der Waals surface area contributed by atoms with E-state index in [1.165, 1.54) is 11.3 Å². The van der Waals surface area contributed by atoms with E-state index in [1.807, 2.05) is 5.38 Å². The van der Waals surface area contributed by atoms with Crippen molar-refractivity contribution in [3.05, 3.63) is 15.8 Å². The van der Waals surface area contributed by atoms with Gasteiger partial charge in [0, 0.05) is 10.9 Å². The predicted octanol–water partition coefficient (Wildman–Crippen LogP) is 1.89. The molecule has 1 aromatic heterocycles. The summed E-state index contributed by atoms with van der Waals surface area (Å²) in [7, 11) is 0. The van der Waals surface area contributed by atoms with Crippen LogP contribution in [0.2, 0.25) is 0 Å². The summed E-state index contributed by atoms with van der Waals surface area (Å²) in [4.78, 5) is 11.3. The van der Waals surface area contributed by atoms with Gasteiger partial charge in [-0.15, -0.1) is 11.3 Å². The molecule has 0 radical (unpaired) electrons. The highest BCUT2D eigenvalue weighted by atomic mass is 32.1. The Hall–Kier alpha value is -0.830. The van der Waals surface area contributed by atoms with Gasteiger partial charge in [0.25, 0.3) is 0 Å². The molecule has 3 heteroatoms. The van der Waals surface area contributed by atoms with Crippen molar-refractivity contribution < 1.29 is 9.53 Å². The summed E-state index contributed by atoms with van der Waals surface area (Å²) in [5, 5.41) is 1.91. The molecule has 0 unspecified atom stereocenters. The maximum absolute atomic E-state index is 10.5. The van der Waals surface area contributed by atoms with Crippen molar-refractivity contribution >= 4 is 17.6 Å². The molecule has 1 aromatic rings. The Bertz CT molecular complexity index is 278. The second kappa shape index (κ2) is 2.66. The Morgan fingerprint density at radius 2 is 2.55 bits per heavy atom. The first-order valence-electron chi connectivity index (χ1n) is 3.60. The summed E-state index contributed by atoms with van der Waals surface area (Å²) in [5.74, 6) is 0.920. The number of fused-ring (bicyclic) bond motifs is 1. The first-order chi connectivity index (χ1) is 5.42. The van der Waals surface area contributed by atoms with E-state index in [4.69, 9.17) is 4.74 Å². The number of carbonyl (C=O) groups is 1. The molecular weight excluding hydrogens is 160 g/mol. The lowest BCUT2D eigenvalue weighted by atomic mass is 10.1. The van der Waals surface area contributed by atoms with Crippen LogP contribution in [-0.4, -0.2) is 12.9 Å². The van der Waals surface area contributed by atoms with E-state index in [9.17, 15) is 4.79 Å². The van der Waals surface area contributed by atoms with Gasteiger partial charge in [-0.2, -0.15) is 0 Å². The molecule has 0 bridgehead atoms. The molecule has 2 rings (SSSR count). The van der Waals surface area contributed by atoms with E-state index < -0.39 is 0 Å². The standard InChI is InChI=1S/C8H8O2S/c9-4-8-6-2-1-3-10-7(6)5-11-8/h4-5H,1-3H2. The lowest BCUT2D eigenvalue weighted by Crippen LogP contribution is -2.07. The van der Waals surface area contributed by atoms with Gasteiger partial charge in [-0.05, 0) is 12.8 Å². The van der Waals surface area contributed by atoms with Crippen LogP contribution in [-0.2, 0) is 6.42 Å². The minimum atomic E-state index is 0.794. The van der Waals surface area contributed by atoms with Crippen molar-refractivity contribution in [3.8, 4) is 5.75 Å². The minimum Gasteiger partial charge on any atom is -0.492 e. The van der Waals surface area contributed by atoms with Crippen LogP contribution in [0.25, 0.3) is 0 Å². The molecule has 0 fully saturated rings. The number of hydrogen-bond acceptors (Lipinski definition) is 3. The van der Waals surface area contributed by atoms with Crippen LogP contribution >= 0.6 is 11.3 Å². The average Bonchev–Trinajstić information content (AvgIpc) is 2.47. The third kappa shape index (κ3) is 1.05. The fourth-order valence-corrected chi connectivity index (χ4v) is 2.12. The van der Waals surface area contributed by atoms with Crippen LogP contribution < -0.4 is 4.74 Å². The second-order valence-electron chi connectivity index (χ2n) is 2.51. The zero-order chi connectivity index (χ0) is 7.68. The van der Waals surface area contributed by atoms with Crippen molar-refractivity contribution in [2.45, 2.75) is 12.8 Å². The summed E-state index contributed by atoms with van der Waals surface area (Å²) in [5.41, 5.74) is 1.11. The molecule has 58 valence electrons. The van der Waals surface area contributed by atoms with Crippen molar-refractivity contribution in [2.75, 3.05) is 6.61 Å². The van der Waals surface area contributed by atoms with Gasteiger partial charge in [0.2, 0.25) is 0 Å². The Balaban J connectivity index is 2.45. The normalized spacial score (nSPS) is 15.3. The molecule has 2 nitrogen and oxygen atoms in total. The van der Waals surface area contributed by atoms with Crippen LogP contribution in [0.1, 0.15) is 21.7 Å². The molecule has 0 N–H and O–H groups in total. The Morgan fingerprint density at radius 3 is 3.36 bits per heavy atom. The third-order valence-electron chi connectivity index (χ3n) is 1.82. The summed E-state index contributed by atoms with van der Waals surface area (Å²) in [6, 6.07) is 0. The summed E-state index contributed by atoms with van der Waals surface area (Å²) in [6.07, 6.45) is 2.94. The SMILES string of the molecule is O=Cc1scc2c1CCCO2. The molecule has 0 aromatic carbocycles. The largest absolute Gasteiger partial charge is 0.492 e. The number of hydrogen-bond donors (Lipinski definition) is 0. The van der Waals surface area contributed by atoms with Gasteiger partial charge >= 0.3 is 0 Å². The van der Waals surface area contributed by atoms with E-state index in [1.54, 1.807) is 0 Å². The van der Waals surface area contributed by atoms with Crippen molar-refractivity contribution in [3.63, 3.8) is 0 Å². The predicted molar refractivity (Wildman–Crippen MR) is 43.5 cm³/mol. The van der Waals surface area contributed by atoms with E-state index in [0.717, 1.165) is 41.9 Å². The monoisotopic (exact) mass is 168 g/mol. The smallest absolute Gasteiger partial charge is 0.160 e. The first kappa shape index (κ1) is 6.85. The zero-order valence-corrected chi connectivity index (χ0v) is 6.82. The van der Waals surface area contributed by atoms with Gasteiger partial charge in [-0.3, -0.25) is 4.79 Å². The second-order valence-corrected chi connectivity index (χ2v) is 3.42. The molecule has 0 amide bonds. The van der Waals surface area contributed by atoms with Gasteiger partial charge in [0.05, 0.1) is 11.5 Å². The lowest BCUT2D eigenvalue weighted by Gasteiger charge is -2.12. The fourth-order valence-electron chi connectivity index (χ4n) is 1.28. The van der Waals surface area contributed by atoms with E-state index in [2.05, 4.69) is 0 Å². The van der Waals surface area contributed by atoms with E-state index >= 15 is 0 Å². The third-order valence-corrected chi connectivity index (χ3v) is 2.75. The Kier molecular flexibility index (Phi) is 1.66. The fraction of sp³-hybridized carbons (Fsp3) is 0.375. The minimum absolute atomic E-state index is 0.794. The van der Waals surface area contributed by atoms with E-state index in [-0.39, 0.29) is 0 Å². The van der Waals surface area contributed by atoms with Gasteiger partial charge in [0.1, 0.15) is 5.75 Å². The van der Waals surface area contributed by atoms with Crippen LogP contribution in [0.4, 0.5) is 0 Å². The quantitative estimate of drug-likeness (QED) is 0.598. The molecule has 11 heavy (non-hydrogen) atoms. The van der Waals surface area contributed by atoms with Crippen LogP contribution in [0, 0.1) is 0 Å². The molecule has 0 spiro atoms. The van der Waals surface area contributed by atoms with Gasteiger partial charge in [-0.1, -0.05) is 0 Å². The molecule has 0 atom stereocenters. The summed E-state index contributed by atoms with van der Waals surface area (Å²) in [6.45, 7) is 0.794. The highest BCUT2D eigenvalue weighted by molar-refractivity contribution is 7.12. The number of thiophene rings is 1. The number of carbonyl (C=O) groups excluding carboxylic acids is 1. The van der Waals surface area contributed by atoms with Crippen molar-refractivity contribution in [1.29, 1.82) is 0 Å². The zero-order valence-electron chi connectivity index (χ0n) is 6.00.